The van der Waals surface area contributed by atoms with Gasteiger partial charge in [0.25, 0.3) is 0 Å². The Labute approximate surface area is 178 Å². The number of imide groups is 1. The molecule has 0 unspecified atom stereocenters. The Morgan fingerprint density at radius 3 is 2.30 bits per heavy atom. The topological polar surface area (TPSA) is 56.8 Å². The molecule has 0 saturated carbocycles. The van der Waals surface area contributed by atoms with Crippen molar-refractivity contribution in [1.82, 2.24) is 14.8 Å². The summed E-state index contributed by atoms with van der Waals surface area (Å²) >= 11 is 0. The van der Waals surface area contributed by atoms with Crippen LogP contribution in [0.3, 0.4) is 0 Å². The van der Waals surface area contributed by atoms with Crippen LogP contribution in [-0.2, 0) is 9.59 Å². The minimum Gasteiger partial charge on any atom is -0.368 e. The van der Waals surface area contributed by atoms with Gasteiger partial charge < -0.3 is 4.90 Å². The molecule has 0 aliphatic carbocycles. The molecule has 2 fully saturated rings. The second-order valence-electron chi connectivity index (χ2n) is 9.34. The number of piperazine rings is 1. The summed E-state index contributed by atoms with van der Waals surface area (Å²) in [5.74, 6) is -0.0103. The average molecular weight is 409 g/mol. The summed E-state index contributed by atoms with van der Waals surface area (Å²) in [5, 5.41) is 1.22. The van der Waals surface area contributed by atoms with Gasteiger partial charge in [0.1, 0.15) is 0 Å². The molecule has 0 atom stereocenters. The molecule has 6 nitrogen and oxygen atoms in total. The summed E-state index contributed by atoms with van der Waals surface area (Å²) in [7, 11) is 0. The van der Waals surface area contributed by atoms with Gasteiger partial charge in [-0.25, -0.2) is 0 Å². The molecule has 160 valence electrons. The number of likely N-dealkylation sites (tertiary alicyclic amines) is 1. The van der Waals surface area contributed by atoms with Crippen molar-refractivity contribution in [2.75, 3.05) is 44.2 Å². The Hall–Kier alpha value is -2.47. The normalized spacial score (nSPS) is 20.2. The Kier molecular flexibility index (Phi) is 6.04. The predicted molar refractivity (Wildman–Crippen MR) is 119 cm³/mol. The largest absolute Gasteiger partial charge is 0.368 e. The van der Waals surface area contributed by atoms with Gasteiger partial charge in [-0.3, -0.25) is 24.4 Å². The van der Waals surface area contributed by atoms with Crippen molar-refractivity contribution >= 4 is 28.4 Å². The minimum atomic E-state index is -0.190. The van der Waals surface area contributed by atoms with Crippen LogP contribution in [0.15, 0.2) is 36.5 Å². The van der Waals surface area contributed by atoms with Gasteiger partial charge in [-0.15, -0.1) is 0 Å². The molecular formula is C24H32N4O2. The van der Waals surface area contributed by atoms with Crippen molar-refractivity contribution < 1.29 is 9.59 Å². The number of carbonyl (C=O) groups is 2. The van der Waals surface area contributed by atoms with Gasteiger partial charge in [0.05, 0.1) is 5.52 Å². The fourth-order valence-corrected chi connectivity index (χ4v) is 4.63. The van der Waals surface area contributed by atoms with E-state index < -0.39 is 0 Å². The minimum absolute atomic E-state index is 0.00515. The number of unbranched alkanes of at least 4 members (excludes halogenated alkanes) is 1. The molecule has 4 rings (SSSR count). The zero-order chi connectivity index (χ0) is 21.1. The Bertz CT molecular complexity index is 893. The van der Waals surface area contributed by atoms with E-state index in [0.29, 0.717) is 19.4 Å². The quantitative estimate of drug-likeness (QED) is 0.542. The third-order valence-electron chi connectivity index (χ3n) is 6.31. The van der Waals surface area contributed by atoms with Gasteiger partial charge in [-0.05, 0) is 36.9 Å². The zero-order valence-electron chi connectivity index (χ0n) is 18.1. The van der Waals surface area contributed by atoms with Gasteiger partial charge in [0, 0.05) is 62.8 Å². The number of carbonyl (C=O) groups excluding carboxylic acids is 2. The number of amides is 2. The highest BCUT2D eigenvalue weighted by Gasteiger charge is 2.36. The smallest absolute Gasteiger partial charge is 0.229 e. The number of piperidine rings is 1. The predicted octanol–water partition coefficient (Wildman–Crippen LogP) is 3.31. The van der Waals surface area contributed by atoms with Crippen LogP contribution >= 0.6 is 0 Å². The monoisotopic (exact) mass is 408 g/mol. The molecule has 6 heteroatoms. The number of aromatic nitrogens is 1. The molecule has 2 aliphatic rings. The molecule has 2 saturated heterocycles. The molecule has 0 radical (unpaired) electrons. The van der Waals surface area contributed by atoms with Crippen LogP contribution in [0.2, 0.25) is 0 Å². The van der Waals surface area contributed by atoms with Crippen molar-refractivity contribution in [1.29, 1.82) is 0 Å². The molecule has 2 aliphatic heterocycles. The van der Waals surface area contributed by atoms with E-state index in [4.69, 9.17) is 0 Å². The van der Waals surface area contributed by atoms with Crippen LogP contribution in [0.25, 0.3) is 10.9 Å². The summed E-state index contributed by atoms with van der Waals surface area (Å²) in [6, 6.07) is 10.4. The van der Waals surface area contributed by atoms with Gasteiger partial charge in [0.15, 0.2) is 0 Å². The van der Waals surface area contributed by atoms with Crippen molar-refractivity contribution in [2.24, 2.45) is 5.41 Å². The molecule has 0 bridgehead atoms. The number of hydrogen-bond acceptors (Lipinski definition) is 5. The first-order chi connectivity index (χ1) is 14.4. The fourth-order valence-electron chi connectivity index (χ4n) is 4.63. The zero-order valence-corrected chi connectivity index (χ0v) is 18.1. The number of para-hydroxylation sites is 1. The highest BCUT2D eigenvalue weighted by Crippen LogP contribution is 2.31. The van der Waals surface area contributed by atoms with E-state index in [1.54, 1.807) is 0 Å². The lowest BCUT2D eigenvalue weighted by Crippen LogP contribution is -2.47. The Balaban J connectivity index is 1.22. The highest BCUT2D eigenvalue weighted by atomic mass is 16.2. The van der Waals surface area contributed by atoms with E-state index in [0.717, 1.165) is 51.1 Å². The lowest BCUT2D eigenvalue weighted by atomic mass is 9.82. The van der Waals surface area contributed by atoms with Crippen LogP contribution in [-0.4, -0.2) is 65.9 Å². The molecule has 3 heterocycles. The number of hydrogen-bond donors (Lipinski definition) is 0. The molecule has 2 aromatic rings. The van der Waals surface area contributed by atoms with Crippen molar-refractivity contribution in [3.63, 3.8) is 0 Å². The number of nitrogens with zero attached hydrogens (tertiary/aromatic N) is 4. The van der Waals surface area contributed by atoms with Gasteiger partial charge in [0.2, 0.25) is 11.8 Å². The molecule has 0 spiro atoms. The number of anilines is 1. The van der Waals surface area contributed by atoms with Crippen LogP contribution < -0.4 is 4.90 Å². The van der Waals surface area contributed by atoms with E-state index in [1.807, 2.05) is 26.1 Å². The summed E-state index contributed by atoms with van der Waals surface area (Å²) in [6.07, 6.45) is 4.74. The van der Waals surface area contributed by atoms with Crippen molar-refractivity contribution in [3.8, 4) is 0 Å². The highest BCUT2D eigenvalue weighted by molar-refractivity contribution is 5.98. The van der Waals surface area contributed by atoms with Crippen LogP contribution in [0.4, 0.5) is 5.69 Å². The van der Waals surface area contributed by atoms with E-state index in [-0.39, 0.29) is 17.2 Å². The summed E-state index contributed by atoms with van der Waals surface area (Å²) in [4.78, 5) is 35.4. The molecule has 1 aromatic heterocycles. The second-order valence-corrected chi connectivity index (χ2v) is 9.34. The first kappa shape index (κ1) is 20.8. The van der Waals surface area contributed by atoms with Gasteiger partial charge in [-0.1, -0.05) is 32.0 Å². The first-order valence-corrected chi connectivity index (χ1v) is 11.1. The van der Waals surface area contributed by atoms with E-state index in [2.05, 4.69) is 39.0 Å². The molecule has 0 N–H and O–H groups in total. The SMILES string of the molecule is CC1(C)CC(=O)N(CCCCN2CCN(c3ccnc4ccccc34)CC2)C(=O)C1. The maximum absolute atomic E-state index is 12.3. The summed E-state index contributed by atoms with van der Waals surface area (Å²) < 4.78 is 0. The third kappa shape index (κ3) is 4.64. The van der Waals surface area contributed by atoms with E-state index in [9.17, 15) is 9.59 Å². The van der Waals surface area contributed by atoms with Crippen molar-refractivity contribution in [3.05, 3.63) is 36.5 Å². The Morgan fingerprint density at radius 2 is 1.57 bits per heavy atom. The average Bonchev–Trinajstić information content (AvgIpc) is 2.72. The third-order valence-corrected chi connectivity index (χ3v) is 6.31. The number of benzene rings is 1. The first-order valence-electron chi connectivity index (χ1n) is 11.1. The van der Waals surface area contributed by atoms with E-state index >= 15 is 0 Å². The van der Waals surface area contributed by atoms with E-state index in [1.165, 1.54) is 16.0 Å². The molecule has 2 amide bonds. The van der Waals surface area contributed by atoms with Crippen molar-refractivity contribution in [2.45, 2.75) is 39.5 Å². The molecular weight excluding hydrogens is 376 g/mol. The number of rotatable bonds is 6. The lowest BCUT2D eigenvalue weighted by molar-refractivity contribution is -0.152. The number of fused-ring (bicyclic) bond motifs is 1. The van der Waals surface area contributed by atoms with Crippen LogP contribution in [0.5, 0.6) is 0 Å². The van der Waals surface area contributed by atoms with Gasteiger partial charge >= 0.3 is 0 Å². The molecule has 30 heavy (non-hydrogen) atoms. The second kappa shape index (κ2) is 8.72. The maximum Gasteiger partial charge on any atom is 0.229 e. The fraction of sp³-hybridized carbons (Fsp3) is 0.542. The lowest BCUT2D eigenvalue weighted by Gasteiger charge is -2.37. The van der Waals surface area contributed by atoms with Crippen LogP contribution in [0.1, 0.15) is 39.5 Å². The van der Waals surface area contributed by atoms with Gasteiger partial charge in [-0.2, -0.15) is 0 Å². The number of pyridine rings is 1. The maximum atomic E-state index is 12.3. The molecule has 1 aromatic carbocycles. The summed E-state index contributed by atoms with van der Waals surface area (Å²) in [6.45, 7) is 9.66. The van der Waals surface area contributed by atoms with Crippen LogP contribution in [0, 0.1) is 5.41 Å². The summed E-state index contributed by atoms with van der Waals surface area (Å²) in [5.41, 5.74) is 2.12. The Morgan fingerprint density at radius 1 is 0.900 bits per heavy atom. The standard InChI is InChI=1S/C24H32N4O2/c1-24(2)17-22(29)28(23(30)18-24)12-6-5-11-26-13-15-27(16-14-26)21-9-10-25-20-8-4-3-7-19(20)21/h3-4,7-10H,5-6,11-18H2,1-2H3.